The van der Waals surface area contributed by atoms with Crippen molar-refractivity contribution in [1.82, 2.24) is 20.1 Å². The van der Waals surface area contributed by atoms with Gasteiger partial charge >= 0.3 is 0 Å². The van der Waals surface area contributed by atoms with Crippen molar-refractivity contribution in [3.63, 3.8) is 0 Å². The monoisotopic (exact) mass is 495 g/mol. The van der Waals surface area contributed by atoms with E-state index in [-0.39, 0.29) is 20.1 Å². The van der Waals surface area contributed by atoms with E-state index in [1.54, 1.807) is 24.5 Å². The zero-order valence-corrected chi connectivity index (χ0v) is 20.5. The van der Waals surface area contributed by atoms with Crippen molar-refractivity contribution in [2.24, 2.45) is 0 Å². The lowest BCUT2D eigenvalue weighted by atomic mass is 9.98. The van der Waals surface area contributed by atoms with Crippen LogP contribution in [-0.2, 0) is 11.2 Å². The lowest BCUT2D eigenvalue weighted by Crippen LogP contribution is -2.41. The van der Waals surface area contributed by atoms with Crippen molar-refractivity contribution >= 4 is 5.69 Å². The van der Waals surface area contributed by atoms with Gasteiger partial charge in [-0.05, 0) is 49.4 Å². The highest BCUT2D eigenvalue weighted by Crippen LogP contribution is 2.27. The minimum atomic E-state index is -1.44. The molecule has 36 heavy (non-hydrogen) atoms. The molecule has 2 atom stereocenters. The maximum Gasteiger partial charge on any atom is 0.276 e. The summed E-state index contributed by atoms with van der Waals surface area (Å²) in [5.41, 5.74) is 1.27. The third-order valence-electron chi connectivity index (χ3n) is 6.61. The number of aromatic nitrogens is 3. The van der Waals surface area contributed by atoms with Gasteiger partial charge in [-0.15, -0.1) is 0 Å². The van der Waals surface area contributed by atoms with E-state index in [0.29, 0.717) is 60.5 Å². The molecular formula is C27H34FN5O3. The average Bonchev–Trinajstić information content (AvgIpc) is 3.74. The predicted molar refractivity (Wildman–Crippen MR) is 138 cm³/mol. The molecule has 1 unspecified atom stereocenters. The zero-order chi connectivity index (χ0) is 25.0. The number of unbranched alkanes of at least 4 members (excludes halogenated alkanes) is 1. The fraction of sp³-hybridized carbons (Fsp3) is 0.444. The van der Waals surface area contributed by atoms with E-state index >= 15 is 4.39 Å². The molecule has 0 saturated carbocycles. The summed E-state index contributed by atoms with van der Waals surface area (Å²) in [7, 11) is 0. The Kier molecular flexibility index (Phi) is 7.29. The molecule has 0 bridgehead atoms. The molecule has 0 spiro atoms. The molecule has 5 rings (SSSR count). The number of halogens is 1. The molecule has 2 N–H and O–H groups in total. The fourth-order valence-corrected chi connectivity index (χ4v) is 4.37. The Labute approximate surface area is 211 Å². The summed E-state index contributed by atoms with van der Waals surface area (Å²) >= 11 is 0. The van der Waals surface area contributed by atoms with Crippen molar-refractivity contribution < 1.29 is 15.3 Å². The van der Waals surface area contributed by atoms with E-state index in [2.05, 4.69) is 27.6 Å². The number of nitrogens with zero attached hydrogens (tertiary/aromatic N) is 3. The number of ether oxygens (including phenoxy) is 2. The number of anilines is 1. The van der Waals surface area contributed by atoms with E-state index in [4.69, 9.17) is 9.47 Å². The Hall–Kier alpha value is -3.30. The van der Waals surface area contributed by atoms with Crippen molar-refractivity contribution in [3.05, 3.63) is 70.3 Å². The fourth-order valence-electron chi connectivity index (χ4n) is 4.37. The molecule has 1 aromatic carbocycles. The number of benzene rings is 1. The molecular weight excluding hydrogens is 461 g/mol. The molecule has 2 fully saturated rings. The Morgan fingerprint density at radius 2 is 2.11 bits per heavy atom. The SMILES string of the molecule is CCCCc1c(NC[C@]2(F)CCCOC2)cnn(-c2ccc(Oc3ccc(C4CN4)cc3)nc2)c1=O.[HH]. The van der Waals surface area contributed by atoms with Gasteiger partial charge in [-0.25, -0.2) is 9.37 Å². The van der Waals surface area contributed by atoms with Crippen LogP contribution in [-0.4, -0.2) is 46.7 Å². The second kappa shape index (κ2) is 10.8. The Bertz CT molecular complexity index is 1230. The van der Waals surface area contributed by atoms with Gasteiger partial charge in [0.15, 0.2) is 5.67 Å². The highest BCUT2D eigenvalue weighted by atomic mass is 19.1. The maximum atomic E-state index is 15.0. The average molecular weight is 496 g/mol. The van der Waals surface area contributed by atoms with Crippen molar-refractivity contribution in [1.29, 1.82) is 0 Å². The van der Waals surface area contributed by atoms with Crippen molar-refractivity contribution in [2.75, 3.05) is 31.6 Å². The molecule has 3 aromatic rings. The van der Waals surface area contributed by atoms with Crippen LogP contribution in [0.3, 0.4) is 0 Å². The quantitative estimate of drug-likeness (QED) is 0.397. The molecule has 9 heteroatoms. The number of pyridine rings is 1. The number of alkyl halides is 1. The minimum Gasteiger partial charge on any atom is -0.439 e. The second-order valence-corrected chi connectivity index (χ2v) is 9.50. The van der Waals surface area contributed by atoms with E-state index in [1.807, 2.05) is 24.3 Å². The highest BCUT2D eigenvalue weighted by Gasteiger charge is 2.32. The first-order valence-electron chi connectivity index (χ1n) is 12.6. The van der Waals surface area contributed by atoms with Gasteiger partial charge in [-0.2, -0.15) is 9.78 Å². The van der Waals surface area contributed by atoms with Crippen LogP contribution in [0, 0.1) is 0 Å². The van der Waals surface area contributed by atoms with Gasteiger partial charge in [0.1, 0.15) is 5.75 Å². The molecule has 0 radical (unpaired) electrons. The summed E-state index contributed by atoms with van der Waals surface area (Å²) in [6.07, 6.45) is 6.66. The van der Waals surface area contributed by atoms with Crippen LogP contribution in [0.2, 0.25) is 0 Å². The largest absolute Gasteiger partial charge is 0.439 e. The molecule has 2 aromatic heterocycles. The molecule has 4 heterocycles. The predicted octanol–water partition coefficient (Wildman–Crippen LogP) is 4.58. The smallest absolute Gasteiger partial charge is 0.276 e. The number of hydrogen-bond acceptors (Lipinski definition) is 7. The molecule has 0 amide bonds. The van der Waals surface area contributed by atoms with Gasteiger partial charge in [0.25, 0.3) is 5.56 Å². The van der Waals surface area contributed by atoms with Crippen LogP contribution in [0.4, 0.5) is 10.1 Å². The third-order valence-corrected chi connectivity index (χ3v) is 6.61. The van der Waals surface area contributed by atoms with Gasteiger partial charge in [0.2, 0.25) is 5.88 Å². The first kappa shape index (κ1) is 24.4. The van der Waals surface area contributed by atoms with Gasteiger partial charge < -0.3 is 20.1 Å². The van der Waals surface area contributed by atoms with Gasteiger partial charge in [-0.3, -0.25) is 4.79 Å². The van der Waals surface area contributed by atoms with Gasteiger partial charge in [0.05, 0.1) is 36.9 Å². The number of hydrogen-bond donors (Lipinski definition) is 2. The van der Waals surface area contributed by atoms with Gasteiger partial charge in [0, 0.05) is 32.2 Å². The van der Waals surface area contributed by atoms with Crippen LogP contribution >= 0.6 is 0 Å². The van der Waals surface area contributed by atoms with Crippen LogP contribution < -0.4 is 20.9 Å². The zero-order valence-electron chi connectivity index (χ0n) is 20.5. The number of rotatable bonds is 10. The summed E-state index contributed by atoms with van der Waals surface area (Å²) in [6, 6.07) is 11.8. The lowest BCUT2D eigenvalue weighted by molar-refractivity contribution is -0.0234. The summed E-state index contributed by atoms with van der Waals surface area (Å²) in [5, 5.41) is 10.8. The topological polar surface area (TPSA) is 100 Å². The number of nitrogens with one attached hydrogen (secondary N) is 2. The van der Waals surface area contributed by atoms with E-state index in [0.717, 1.165) is 19.4 Å². The summed E-state index contributed by atoms with van der Waals surface area (Å²) in [4.78, 5) is 17.7. The Morgan fingerprint density at radius 3 is 2.78 bits per heavy atom. The molecule has 2 aliphatic heterocycles. The lowest BCUT2D eigenvalue weighted by Gasteiger charge is -2.30. The second-order valence-electron chi connectivity index (χ2n) is 9.50. The molecule has 2 saturated heterocycles. The maximum absolute atomic E-state index is 15.0. The van der Waals surface area contributed by atoms with Crippen molar-refractivity contribution in [3.8, 4) is 17.3 Å². The van der Waals surface area contributed by atoms with Crippen LogP contribution in [0.5, 0.6) is 11.6 Å². The molecule has 8 nitrogen and oxygen atoms in total. The third kappa shape index (κ3) is 5.74. The summed E-state index contributed by atoms with van der Waals surface area (Å²) < 4.78 is 27.5. The Balaban J connectivity index is 0.00000320. The Morgan fingerprint density at radius 1 is 1.28 bits per heavy atom. The van der Waals surface area contributed by atoms with E-state index in [1.165, 1.54) is 10.2 Å². The minimum absolute atomic E-state index is 0. The van der Waals surface area contributed by atoms with Crippen LogP contribution in [0.1, 0.15) is 51.2 Å². The summed E-state index contributed by atoms with van der Waals surface area (Å²) in [5.74, 6) is 1.12. The molecule has 2 aliphatic rings. The highest BCUT2D eigenvalue weighted by molar-refractivity contribution is 5.49. The van der Waals surface area contributed by atoms with Crippen LogP contribution in [0.25, 0.3) is 5.69 Å². The first-order valence-corrected chi connectivity index (χ1v) is 12.6. The van der Waals surface area contributed by atoms with Gasteiger partial charge in [-0.1, -0.05) is 25.5 Å². The summed E-state index contributed by atoms with van der Waals surface area (Å²) in [6.45, 7) is 3.83. The molecule has 0 aliphatic carbocycles. The normalized spacial score (nSPS) is 21.2. The van der Waals surface area contributed by atoms with E-state index < -0.39 is 5.67 Å². The molecule has 192 valence electrons. The first-order chi connectivity index (χ1) is 17.5. The van der Waals surface area contributed by atoms with E-state index in [9.17, 15) is 4.79 Å². The van der Waals surface area contributed by atoms with Crippen LogP contribution in [0.15, 0.2) is 53.6 Å². The van der Waals surface area contributed by atoms with Crippen molar-refractivity contribution in [2.45, 2.75) is 50.7 Å². The standard InChI is InChI=1S/C27H32FN5O3.H2/c1-2-3-5-22-24(31-17-27(28)12-4-13-35-18-27)16-32-33(26(22)34)20-8-11-25(30-14-20)36-21-9-6-19(7-10-21)23-15-29-23;/h6-11,14,16,23,29,31H,2-5,12-13,15,17-18H2,1H3;1H/t23?,27-;/m1./s1.